The fourth-order valence-electron chi connectivity index (χ4n) is 4.22. The molecule has 1 fully saturated rings. The number of allylic oxidation sites excluding steroid dienone is 4. The lowest BCUT2D eigenvalue weighted by molar-refractivity contribution is 0.315. The van der Waals surface area contributed by atoms with Gasteiger partial charge in [0.2, 0.25) is 11.8 Å². The van der Waals surface area contributed by atoms with Crippen LogP contribution in [0.1, 0.15) is 24.3 Å². The molecular formula is C25H25ClN4O. The molecule has 1 aliphatic heterocycles. The lowest BCUT2D eigenvalue weighted by Gasteiger charge is -2.21. The average molecular weight is 433 g/mol. The maximum Gasteiger partial charge on any atom is 0.248 e. The molecule has 0 amide bonds. The van der Waals surface area contributed by atoms with Crippen LogP contribution in [0.4, 0.5) is 5.69 Å². The van der Waals surface area contributed by atoms with E-state index in [4.69, 9.17) is 16.0 Å². The molecule has 2 heterocycles. The van der Waals surface area contributed by atoms with Crippen molar-refractivity contribution in [1.82, 2.24) is 15.1 Å². The van der Waals surface area contributed by atoms with Gasteiger partial charge in [-0.05, 0) is 68.1 Å². The third-order valence-corrected chi connectivity index (χ3v) is 6.41. The Kier molecular flexibility index (Phi) is 5.38. The summed E-state index contributed by atoms with van der Waals surface area (Å²) in [7, 11) is 4.30. The quantitative estimate of drug-likeness (QED) is 0.540. The first kappa shape index (κ1) is 20.0. The summed E-state index contributed by atoms with van der Waals surface area (Å²) in [4.78, 5) is 4.74. The van der Waals surface area contributed by atoms with E-state index < -0.39 is 0 Å². The van der Waals surface area contributed by atoms with Crippen molar-refractivity contribution in [3.63, 3.8) is 0 Å². The van der Waals surface area contributed by atoms with Crippen LogP contribution >= 0.6 is 11.6 Å². The molecule has 2 aromatic carbocycles. The van der Waals surface area contributed by atoms with Crippen molar-refractivity contribution < 1.29 is 4.42 Å². The Bertz CT molecular complexity index is 1130. The first-order valence-corrected chi connectivity index (χ1v) is 11.0. The SMILES string of the molecule is CN(C)C1CCN(c2ccc(-c3nnc(C4=CC=C(c5ccc(Cl)cc5)C4)o3)cc2)C1. The predicted octanol–water partition coefficient (Wildman–Crippen LogP) is 5.40. The molecule has 1 atom stereocenters. The molecule has 3 aromatic rings. The van der Waals surface area contributed by atoms with Gasteiger partial charge >= 0.3 is 0 Å². The van der Waals surface area contributed by atoms with Crippen molar-refractivity contribution >= 4 is 28.4 Å². The summed E-state index contributed by atoms with van der Waals surface area (Å²) in [6.45, 7) is 2.15. The normalized spacial score (nSPS) is 18.6. The van der Waals surface area contributed by atoms with Gasteiger partial charge < -0.3 is 14.2 Å². The number of halogens is 1. The Labute approximate surface area is 187 Å². The van der Waals surface area contributed by atoms with Crippen LogP contribution < -0.4 is 4.90 Å². The Morgan fingerprint density at radius 3 is 2.29 bits per heavy atom. The van der Waals surface area contributed by atoms with Crippen molar-refractivity contribution in [3.8, 4) is 11.5 Å². The van der Waals surface area contributed by atoms with Crippen molar-refractivity contribution in [3.05, 3.63) is 77.2 Å². The standard InChI is InChI=1S/C25H25ClN4O/c1-29(2)23-13-14-30(16-23)22-11-7-18(8-12-22)24-27-28-25(31-24)20-4-3-19(15-20)17-5-9-21(26)10-6-17/h3-12,23H,13-16H2,1-2H3. The Morgan fingerprint density at radius 1 is 0.903 bits per heavy atom. The highest BCUT2D eigenvalue weighted by Crippen LogP contribution is 2.35. The van der Waals surface area contributed by atoms with Crippen LogP contribution in [0.25, 0.3) is 22.6 Å². The molecule has 1 aromatic heterocycles. The fourth-order valence-corrected chi connectivity index (χ4v) is 4.34. The molecule has 0 radical (unpaired) electrons. The zero-order valence-electron chi connectivity index (χ0n) is 17.8. The number of likely N-dealkylation sites (N-methyl/N-ethyl adjacent to an activating group) is 1. The number of hydrogen-bond acceptors (Lipinski definition) is 5. The van der Waals surface area contributed by atoms with Crippen molar-refractivity contribution in [2.75, 3.05) is 32.1 Å². The number of nitrogens with zero attached hydrogens (tertiary/aromatic N) is 4. The van der Waals surface area contributed by atoms with Gasteiger partial charge in [0.15, 0.2) is 0 Å². The van der Waals surface area contributed by atoms with Gasteiger partial charge in [0.25, 0.3) is 0 Å². The van der Waals surface area contributed by atoms with Crippen LogP contribution in [0.15, 0.2) is 65.1 Å². The molecule has 5 nitrogen and oxygen atoms in total. The van der Waals surface area contributed by atoms with E-state index in [0.29, 0.717) is 17.8 Å². The lowest BCUT2D eigenvalue weighted by atomic mass is 10.0. The fraction of sp³-hybridized carbons (Fsp3) is 0.280. The molecule has 1 unspecified atom stereocenters. The summed E-state index contributed by atoms with van der Waals surface area (Å²) in [6, 6.07) is 16.9. The second kappa shape index (κ2) is 8.33. The van der Waals surface area contributed by atoms with Gasteiger partial charge in [-0.3, -0.25) is 0 Å². The molecule has 0 spiro atoms. The van der Waals surface area contributed by atoms with E-state index in [1.54, 1.807) is 0 Å². The summed E-state index contributed by atoms with van der Waals surface area (Å²) in [5.41, 5.74) is 5.59. The van der Waals surface area contributed by atoms with Gasteiger partial charge in [0.1, 0.15) is 0 Å². The summed E-state index contributed by atoms with van der Waals surface area (Å²) < 4.78 is 6.01. The highest BCUT2D eigenvalue weighted by atomic mass is 35.5. The zero-order valence-corrected chi connectivity index (χ0v) is 18.5. The second-order valence-corrected chi connectivity index (χ2v) is 8.82. The van der Waals surface area contributed by atoms with E-state index >= 15 is 0 Å². The average Bonchev–Trinajstić information content (AvgIpc) is 3.54. The third-order valence-electron chi connectivity index (χ3n) is 6.15. The second-order valence-electron chi connectivity index (χ2n) is 8.38. The van der Waals surface area contributed by atoms with E-state index in [0.717, 1.165) is 41.2 Å². The van der Waals surface area contributed by atoms with Gasteiger partial charge in [-0.15, -0.1) is 10.2 Å². The smallest absolute Gasteiger partial charge is 0.248 e. The summed E-state index contributed by atoms with van der Waals surface area (Å²) >= 11 is 6.00. The number of aromatic nitrogens is 2. The molecule has 6 heteroatoms. The topological polar surface area (TPSA) is 45.4 Å². The maximum atomic E-state index is 6.01. The molecule has 0 N–H and O–H groups in total. The van der Waals surface area contributed by atoms with Gasteiger partial charge in [-0.25, -0.2) is 0 Å². The zero-order chi connectivity index (χ0) is 21.4. The van der Waals surface area contributed by atoms with Crippen LogP contribution in [0.2, 0.25) is 5.02 Å². The lowest BCUT2D eigenvalue weighted by Crippen LogP contribution is -2.31. The summed E-state index contributed by atoms with van der Waals surface area (Å²) in [5, 5.41) is 9.32. The Balaban J connectivity index is 1.25. The monoisotopic (exact) mass is 432 g/mol. The highest BCUT2D eigenvalue weighted by molar-refractivity contribution is 6.30. The van der Waals surface area contributed by atoms with Crippen LogP contribution in [-0.4, -0.2) is 48.3 Å². The van der Waals surface area contributed by atoms with Crippen molar-refractivity contribution in [2.24, 2.45) is 0 Å². The molecular weight excluding hydrogens is 408 g/mol. The van der Waals surface area contributed by atoms with Crippen LogP contribution in [0, 0.1) is 0 Å². The molecule has 1 saturated heterocycles. The molecule has 0 bridgehead atoms. The first-order valence-electron chi connectivity index (χ1n) is 10.6. The number of rotatable bonds is 5. The minimum absolute atomic E-state index is 0.551. The third kappa shape index (κ3) is 4.16. The van der Waals surface area contributed by atoms with Crippen molar-refractivity contribution in [1.29, 1.82) is 0 Å². The number of benzene rings is 2. The Hall–Kier alpha value is -2.89. The van der Waals surface area contributed by atoms with Crippen molar-refractivity contribution in [2.45, 2.75) is 18.9 Å². The summed E-state index contributed by atoms with van der Waals surface area (Å²) in [5.74, 6) is 1.13. The minimum atomic E-state index is 0.551. The molecule has 158 valence electrons. The Morgan fingerprint density at radius 2 is 1.58 bits per heavy atom. The predicted molar refractivity (Wildman–Crippen MR) is 126 cm³/mol. The molecule has 31 heavy (non-hydrogen) atoms. The van der Waals surface area contributed by atoms with Gasteiger partial charge in [-0.2, -0.15) is 0 Å². The highest BCUT2D eigenvalue weighted by Gasteiger charge is 2.24. The van der Waals surface area contributed by atoms with E-state index in [1.165, 1.54) is 17.7 Å². The van der Waals surface area contributed by atoms with Crippen LogP contribution in [-0.2, 0) is 0 Å². The summed E-state index contributed by atoms with van der Waals surface area (Å²) in [6.07, 6.45) is 6.13. The minimum Gasteiger partial charge on any atom is -0.416 e. The molecule has 1 aliphatic carbocycles. The largest absolute Gasteiger partial charge is 0.416 e. The van der Waals surface area contributed by atoms with E-state index in [-0.39, 0.29) is 0 Å². The first-order chi connectivity index (χ1) is 15.1. The van der Waals surface area contributed by atoms with Gasteiger partial charge in [0.05, 0.1) is 0 Å². The van der Waals surface area contributed by atoms with E-state index in [9.17, 15) is 0 Å². The number of hydrogen-bond donors (Lipinski definition) is 0. The van der Waals surface area contributed by atoms with Gasteiger partial charge in [-0.1, -0.05) is 35.9 Å². The van der Waals surface area contributed by atoms with Crippen LogP contribution in [0.5, 0.6) is 0 Å². The van der Waals surface area contributed by atoms with Crippen LogP contribution in [0.3, 0.4) is 0 Å². The van der Waals surface area contributed by atoms with E-state index in [1.807, 2.05) is 24.3 Å². The molecule has 0 saturated carbocycles. The maximum absolute atomic E-state index is 6.01. The molecule has 5 rings (SSSR count). The van der Waals surface area contributed by atoms with Gasteiger partial charge in [0, 0.05) is 47.4 Å². The molecule has 2 aliphatic rings. The number of anilines is 1. The van der Waals surface area contributed by atoms with E-state index in [2.05, 4.69) is 70.5 Å².